The monoisotopic (exact) mass is 182 g/mol. The van der Waals surface area contributed by atoms with Crippen molar-refractivity contribution in [3.8, 4) is 0 Å². The average Bonchev–Trinajstić information content (AvgIpc) is 2.32. The maximum absolute atomic E-state index is 11.4. The van der Waals surface area contributed by atoms with Crippen LogP contribution in [-0.4, -0.2) is 29.8 Å². The van der Waals surface area contributed by atoms with Crippen LogP contribution in [0.1, 0.15) is 13.8 Å². The number of carbonyl (C=O) groups is 2. The van der Waals surface area contributed by atoms with Crippen LogP contribution >= 0.6 is 0 Å². The number of imide groups is 1. The quantitative estimate of drug-likeness (QED) is 0.620. The molecule has 4 heteroatoms. The van der Waals surface area contributed by atoms with E-state index in [1.807, 2.05) is 6.92 Å². The molecule has 0 aliphatic carbocycles. The van der Waals surface area contributed by atoms with Gasteiger partial charge >= 0.3 is 0 Å². The van der Waals surface area contributed by atoms with Gasteiger partial charge in [-0.25, -0.2) is 0 Å². The largest absolute Gasteiger partial charge is 0.330 e. The number of nitrogens with two attached hydrogens (primary N) is 1. The van der Waals surface area contributed by atoms with Gasteiger partial charge in [0.2, 0.25) is 0 Å². The summed E-state index contributed by atoms with van der Waals surface area (Å²) in [5, 5.41) is 0. The van der Waals surface area contributed by atoms with Crippen molar-refractivity contribution in [3.05, 3.63) is 11.6 Å². The summed E-state index contributed by atoms with van der Waals surface area (Å²) in [7, 11) is 0. The third-order valence-corrected chi connectivity index (χ3v) is 2.09. The van der Waals surface area contributed by atoms with Gasteiger partial charge in [0.25, 0.3) is 11.8 Å². The Kier molecular flexibility index (Phi) is 2.83. The molecule has 1 atom stereocenters. The van der Waals surface area contributed by atoms with E-state index in [0.717, 1.165) is 0 Å². The SMILES string of the molecule is CC1=CC(=O)N(CC(C)CN)C1=O. The van der Waals surface area contributed by atoms with E-state index in [1.165, 1.54) is 11.0 Å². The van der Waals surface area contributed by atoms with Crippen molar-refractivity contribution in [3.63, 3.8) is 0 Å². The van der Waals surface area contributed by atoms with Crippen LogP contribution in [0.3, 0.4) is 0 Å². The highest BCUT2D eigenvalue weighted by Crippen LogP contribution is 2.13. The first-order chi connectivity index (χ1) is 6.06. The molecule has 0 radical (unpaired) electrons. The molecule has 1 rings (SSSR count). The minimum atomic E-state index is -0.220. The number of nitrogens with zero attached hydrogens (tertiary/aromatic N) is 1. The Labute approximate surface area is 77.4 Å². The van der Waals surface area contributed by atoms with Crippen LogP contribution in [0.5, 0.6) is 0 Å². The molecule has 0 saturated heterocycles. The zero-order valence-corrected chi connectivity index (χ0v) is 7.91. The molecule has 4 nitrogen and oxygen atoms in total. The van der Waals surface area contributed by atoms with Crippen molar-refractivity contribution in [1.29, 1.82) is 0 Å². The van der Waals surface area contributed by atoms with E-state index in [-0.39, 0.29) is 17.7 Å². The van der Waals surface area contributed by atoms with Gasteiger partial charge in [-0.05, 0) is 19.4 Å². The fraction of sp³-hybridized carbons (Fsp3) is 0.556. The predicted octanol–water partition coefficient (Wildman–Crippen LogP) is -0.104. The number of carbonyl (C=O) groups excluding carboxylic acids is 2. The lowest BCUT2D eigenvalue weighted by Crippen LogP contribution is -2.36. The highest BCUT2D eigenvalue weighted by atomic mass is 16.2. The highest BCUT2D eigenvalue weighted by molar-refractivity contribution is 6.15. The summed E-state index contributed by atoms with van der Waals surface area (Å²) in [6.07, 6.45) is 1.37. The van der Waals surface area contributed by atoms with Gasteiger partial charge in [0, 0.05) is 18.2 Å². The minimum absolute atomic E-state index is 0.159. The topological polar surface area (TPSA) is 63.4 Å². The van der Waals surface area contributed by atoms with Gasteiger partial charge in [-0.3, -0.25) is 14.5 Å². The first-order valence-corrected chi connectivity index (χ1v) is 4.30. The van der Waals surface area contributed by atoms with Crippen LogP contribution in [-0.2, 0) is 9.59 Å². The van der Waals surface area contributed by atoms with Gasteiger partial charge in [0.05, 0.1) is 0 Å². The summed E-state index contributed by atoms with van der Waals surface area (Å²) in [6, 6.07) is 0. The molecule has 13 heavy (non-hydrogen) atoms. The van der Waals surface area contributed by atoms with Gasteiger partial charge in [-0.1, -0.05) is 6.92 Å². The molecule has 0 spiro atoms. The standard InChI is InChI=1S/C9H14N2O2/c1-6(4-10)5-11-8(12)3-7(2)9(11)13/h3,6H,4-5,10H2,1-2H3. The zero-order chi connectivity index (χ0) is 10.0. The zero-order valence-electron chi connectivity index (χ0n) is 7.91. The van der Waals surface area contributed by atoms with Gasteiger partial charge in [-0.2, -0.15) is 0 Å². The molecule has 1 aliphatic rings. The molecule has 2 amide bonds. The van der Waals surface area contributed by atoms with Crippen LogP contribution in [0.2, 0.25) is 0 Å². The number of rotatable bonds is 3. The third-order valence-electron chi connectivity index (χ3n) is 2.09. The van der Waals surface area contributed by atoms with E-state index in [9.17, 15) is 9.59 Å². The Bertz CT molecular complexity index is 271. The van der Waals surface area contributed by atoms with E-state index >= 15 is 0 Å². The van der Waals surface area contributed by atoms with E-state index in [4.69, 9.17) is 5.73 Å². The van der Waals surface area contributed by atoms with Crippen LogP contribution in [0.25, 0.3) is 0 Å². The molecule has 2 N–H and O–H groups in total. The molecule has 72 valence electrons. The smallest absolute Gasteiger partial charge is 0.256 e. The van der Waals surface area contributed by atoms with E-state index < -0.39 is 0 Å². The lowest BCUT2D eigenvalue weighted by atomic mass is 10.2. The van der Waals surface area contributed by atoms with Gasteiger partial charge < -0.3 is 5.73 Å². The minimum Gasteiger partial charge on any atom is -0.330 e. The van der Waals surface area contributed by atoms with Crippen molar-refractivity contribution in [2.45, 2.75) is 13.8 Å². The van der Waals surface area contributed by atoms with Crippen molar-refractivity contribution < 1.29 is 9.59 Å². The number of hydrogen-bond donors (Lipinski definition) is 1. The van der Waals surface area contributed by atoms with E-state index in [0.29, 0.717) is 18.7 Å². The Morgan fingerprint density at radius 3 is 2.54 bits per heavy atom. The molecule has 0 aromatic rings. The van der Waals surface area contributed by atoms with Gasteiger partial charge in [0.15, 0.2) is 0 Å². The molecule has 0 aromatic carbocycles. The Balaban J connectivity index is 2.64. The summed E-state index contributed by atoms with van der Waals surface area (Å²) in [6.45, 7) is 4.46. The maximum atomic E-state index is 11.4. The predicted molar refractivity (Wildman–Crippen MR) is 48.7 cm³/mol. The summed E-state index contributed by atoms with van der Waals surface area (Å²) >= 11 is 0. The van der Waals surface area contributed by atoms with Gasteiger partial charge in [0.1, 0.15) is 0 Å². The van der Waals surface area contributed by atoms with Crippen molar-refractivity contribution >= 4 is 11.8 Å². The second kappa shape index (κ2) is 3.70. The molecule has 0 saturated carbocycles. The lowest BCUT2D eigenvalue weighted by Gasteiger charge is -2.18. The highest BCUT2D eigenvalue weighted by Gasteiger charge is 2.28. The van der Waals surface area contributed by atoms with Crippen LogP contribution < -0.4 is 5.73 Å². The lowest BCUT2D eigenvalue weighted by molar-refractivity contribution is -0.137. The number of hydrogen-bond acceptors (Lipinski definition) is 3. The number of amides is 2. The Morgan fingerprint density at radius 2 is 2.15 bits per heavy atom. The van der Waals surface area contributed by atoms with Crippen molar-refractivity contribution in [2.24, 2.45) is 11.7 Å². The van der Waals surface area contributed by atoms with Crippen LogP contribution in [0.4, 0.5) is 0 Å². The van der Waals surface area contributed by atoms with E-state index in [1.54, 1.807) is 6.92 Å². The summed E-state index contributed by atoms with van der Waals surface area (Å²) in [5.41, 5.74) is 5.92. The molecule has 1 aliphatic heterocycles. The van der Waals surface area contributed by atoms with Crippen LogP contribution in [0, 0.1) is 5.92 Å². The van der Waals surface area contributed by atoms with Crippen molar-refractivity contribution in [1.82, 2.24) is 4.90 Å². The first kappa shape index (κ1) is 9.92. The normalized spacial score (nSPS) is 19.3. The van der Waals surface area contributed by atoms with Crippen LogP contribution in [0.15, 0.2) is 11.6 Å². The Morgan fingerprint density at radius 1 is 1.54 bits per heavy atom. The molecule has 0 fully saturated rings. The third kappa shape index (κ3) is 1.95. The Hall–Kier alpha value is -1.16. The summed E-state index contributed by atoms with van der Waals surface area (Å²) in [5.74, 6) is -0.250. The molecular weight excluding hydrogens is 168 g/mol. The first-order valence-electron chi connectivity index (χ1n) is 4.30. The second-order valence-corrected chi connectivity index (χ2v) is 3.42. The molecule has 1 heterocycles. The molecule has 0 bridgehead atoms. The average molecular weight is 182 g/mol. The summed E-state index contributed by atoms with van der Waals surface area (Å²) in [4.78, 5) is 23.8. The maximum Gasteiger partial charge on any atom is 0.256 e. The van der Waals surface area contributed by atoms with Crippen molar-refractivity contribution in [2.75, 3.05) is 13.1 Å². The summed E-state index contributed by atoms with van der Waals surface area (Å²) < 4.78 is 0. The van der Waals surface area contributed by atoms with E-state index in [2.05, 4.69) is 0 Å². The fourth-order valence-electron chi connectivity index (χ4n) is 1.20. The second-order valence-electron chi connectivity index (χ2n) is 3.42. The molecular formula is C9H14N2O2. The molecule has 0 aromatic heterocycles. The molecule has 1 unspecified atom stereocenters. The fourth-order valence-corrected chi connectivity index (χ4v) is 1.20. The van der Waals surface area contributed by atoms with Gasteiger partial charge in [-0.15, -0.1) is 0 Å².